The van der Waals surface area contributed by atoms with E-state index in [0.29, 0.717) is 0 Å². The molecule has 0 atom stereocenters. The molecule has 0 aliphatic carbocycles. The molecule has 25 heavy (non-hydrogen) atoms. The van der Waals surface area contributed by atoms with Gasteiger partial charge in [0.15, 0.2) is 0 Å². The highest BCUT2D eigenvalue weighted by Gasteiger charge is 2.08. The molecule has 0 unspecified atom stereocenters. The van der Waals surface area contributed by atoms with Crippen LogP contribution in [-0.2, 0) is 0 Å². The second-order valence-electron chi connectivity index (χ2n) is 6.10. The minimum Gasteiger partial charge on any atom is -0.264 e. The lowest BCUT2D eigenvalue weighted by Gasteiger charge is -2.12. The summed E-state index contributed by atoms with van der Waals surface area (Å²) in [6, 6.07) is 23.3. The summed E-state index contributed by atoms with van der Waals surface area (Å²) in [5.41, 5.74) is 8.27. The van der Waals surface area contributed by atoms with Crippen molar-refractivity contribution in [2.45, 2.75) is 6.92 Å². The van der Waals surface area contributed by atoms with Crippen LogP contribution in [-0.4, -0.2) is 9.97 Å². The van der Waals surface area contributed by atoms with Gasteiger partial charge in [-0.3, -0.25) is 9.97 Å². The topological polar surface area (TPSA) is 25.8 Å². The molecule has 4 aromatic rings. The van der Waals surface area contributed by atoms with Gasteiger partial charge in [-0.15, -0.1) is 0 Å². The minimum atomic E-state index is 1.11. The summed E-state index contributed by atoms with van der Waals surface area (Å²) < 4.78 is 0. The third kappa shape index (κ3) is 3.20. The molecule has 0 fully saturated rings. The van der Waals surface area contributed by atoms with Crippen molar-refractivity contribution in [2.75, 3.05) is 0 Å². The molecule has 0 aliphatic rings. The quantitative estimate of drug-likeness (QED) is 0.477. The summed E-state index contributed by atoms with van der Waals surface area (Å²) in [5.74, 6) is 0. The van der Waals surface area contributed by atoms with Gasteiger partial charge in [0, 0.05) is 35.9 Å². The molecular formula is C23H18N2. The van der Waals surface area contributed by atoms with Crippen LogP contribution in [0.4, 0.5) is 0 Å². The van der Waals surface area contributed by atoms with E-state index in [-0.39, 0.29) is 0 Å². The molecular weight excluding hydrogens is 304 g/mol. The number of rotatable bonds is 3. The summed E-state index contributed by atoms with van der Waals surface area (Å²) in [5, 5.41) is 0. The van der Waals surface area contributed by atoms with Gasteiger partial charge in [0.05, 0.1) is 0 Å². The van der Waals surface area contributed by atoms with Crippen LogP contribution in [0.2, 0.25) is 0 Å². The Bertz CT molecular complexity index is 935. The van der Waals surface area contributed by atoms with Crippen molar-refractivity contribution < 1.29 is 0 Å². The maximum Gasteiger partial charge on any atom is 0.0346 e. The van der Waals surface area contributed by atoms with Gasteiger partial charge in [0.25, 0.3) is 0 Å². The van der Waals surface area contributed by atoms with Crippen LogP contribution < -0.4 is 0 Å². The molecule has 0 saturated carbocycles. The fourth-order valence-electron chi connectivity index (χ4n) is 3.08. The van der Waals surface area contributed by atoms with Crippen LogP contribution in [0.5, 0.6) is 0 Å². The van der Waals surface area contributed by atoms with Crippen molar-refractivity contribution in [1.82, 2.24) is 9.97 Å². The van der Waals surface area contributed by atoms with Crippen LogP contribution in [0.15, 0.2) is 91.5 Å². The summed E-state index contributed by atoms with van der Waals surface area (Å²) in [6.07, 6.45) is 7.42. The van der Waals surface area contributed by atoms with Crippen molar-refractivity contribution in [3.63, 3.8) is 0 Å². The molecule has 0 N–H and O–H groups in total. The third-order valence-electron chi connectivity index (χ3n) is 4.38. The van der Waals surface area contributed by atoms with Crippen molar-refractivity contribution in [1.29, 1.82) is 0 Å². The van der Waals surface area contributed by atoms with Gasteiger partial charge in [-0.1, -0.05) is 36.4 Å². The molecule has 0 saturated heterocycles. The molecule has 0 bridgehead atoms. The van der Waals surface area contributed by atoms with Gasteiger partial charge in [-0.2, -0.15) is 0 Å². The van der Waals surface area contributed by atoms with E-state index in [1.54, 1.807) is 12.4 Å². The molecule has 2 heteroatoms. The van der Waals surface area contributed by atoms with E-state index < -0.39 is 0 Å². The molecule has 120 valence electrons. The van der Waals surface area contributed by atoms with Crippen molar-refractivity contribution in [3.8, 4) is 33.4 Å². The first-order valence-corrected chi connectivity index (χ1v) is 8.33. The third-order valence-corrected chi connectivity index (χ3v) is 4.38. The Labute approximate surface area is 147 Å². The van der Waals surface area contributed by atoms with Gasteiger partial charge in [-0.25, -0.2) is 0 Å². The standard InChI is InChI=1S/C23H18N2/c1-17-6-2-3-9-23(17)22-13-20(18-7-4-10-24-15-18)12-21(14-22)19-8-5-11-25-16-19/h2-16H,1H3. The number of hydrogen-bond acceptors (Lipinski definition) is 2. The lowest BCUT2D eigenvalue weighted by atomic mass is 9.93. The zero-order valence-electron chi connectivity index (χ0n) is 14.1. The maximum atomic E-state index is 4.27. The van der Waals surface area contributed by atoms with E-state index in [4.69, 9.17) is 0 Å². The van der Waals surface area contributed by atoms with E-state index in [0.717, 1.165) is 22.3 Å². The molecule has 2 aromatic heterocycles. The first-order chi connectivity index (χ1) is 12.3. The maximum absolute atomic E-state index is 4.27. The molecule has 0 aliphatic heterocycles. The van der Waals surface area contributed by atoms with E-state index in [9.17, 15) is 0 Å². The van der Waals surface area contributed by atoms with Gasteiger partial charge in [-0.05, 0) is 65.1 Å². The van der Waals surface area contributed by atoms with E-state index >= 15 is 0 Å². The number of pyridine rings is 2. The Balaban J connectivity index is 1.94. The minimum absolute atomic E-state index is 1.11. The number of aromatic nitrogens is 2. The van der Waals surface area contributed by atoms with Crippen LogP contribution >= 0.6 is 0 Å². The van der Waals surface area contributed by atoms with E-state index in [1.807, 2.05) is 24.5 Å². The SMILES string of the molecule is Cc1ccccc1-c1cc(-c2cccnc2)cc(-c2cccnc2)c1. The summed E-state index contributed by atoms with van der Waals surface area (Å²) in [4.78, 5) is 8.54. The van der Waals surface area contributed by atoms with Crippen molar-refractivity contribution in [3.05, 3.63) is 97.1 Å². The lowest BCUT2D eigenvalue weighted by molar-refractivity contribution is 1.32. The van der Waals surface area contributed by atoms with Crippen LogP contribution in [0.25, 0.3) is 33.4 Å². The summed E-state index contributed by atoms with van der Waals surface area (Å²) in [7, 11) is 0. The predicted octanol–water partition coefficient (Wildman–Crippen LogP) is 5.79. The Kier molecular flexibility index (Phi) is 4.09. The monoisotopic (exact) mass is 322 g/mol. The van der Waals surface area contributed by atoms with E-state index in [2.05, 4.69) is 71.5 Å². The number of hydrogen-bond donors (Lipinski definition) is 0. The Morgan fingerprint density at radius 1 is 0.560 bits per heavy atom. The van der Waals surface area contributed by atoms with Crippen molar-refractivity contribution in [2.24, 2.45) is 0 Å². The van der Waals surface area contributed by atoms with E-state index in [1.165, 1.54) is 16.7 Å². The normalized spacial score (nSPS) is 10.6. The summed E-state index contributed by atoms with van der Waals surface area (Å²) >= 11 is 0. The van der Waals surface area contributed by atoms with Crippen LogP contribution in [0.3, 0.4) is 0 Å². The molecule has 0 radical (unpaired) electrons. The van der Waals surface area contributed by atoms with Crippen LogP contribution in [0.1, 0.15) is 5.56 Å². The Morgan fingerprint density at radius 2 is 1.12 bits per heavy atom. The van der Waals surface area contributed by atoms with Crippen LogP contribution in [0, 0.1) is 6.92 Å². The molecule has 0 spiro atoms. The average molecular weight is 322 g/mol. The first kappa shape index (κ1) is 15.3. The second kappa shape index (κ2) is 6.70. The smallest absolute Gasteiger partial charge is 0.0346 e. The molecule has 0 amide bonds. The Morgan fingerprint density at radius 3 is 1.64 bits per heavy atom. The zero-order valence-corrected chi connectivity index (χ0v) is 14.1. The molecule has 2 heterocycles. The van der Waals surface area contributed by atoms with Gasteiger partial charge >= 0.3 is 0 Å². The molecule has 2 nitrogen and oxygen atoms in total. The highest BCUT2D eigenvalue weighted by molar-refractivity contribution is 5.81. The average Bonchev–Trinajstić information content (AvgIpc) is 2.69. The zero-order chi connectivity index (χ0) is 17.1. The molecule has 4 rings (SSSR count). The first-order valence-electron chi connectivity index (χ1n) is 8.33. The number of nitrogens with zero attached hydrogens (tertiary/aromatic N) is 2. The Hall–Kier alpha value is -3.26. The summed E-state index contributed by atoms with van der Waals surface area (Å²) in [6.45, 7) is 2.15. The molecule has 2 aromatic carbocycles. The fraction of sp³-hybridized carbons (Fsp3) is 0.0435. The van der Waals surface area contributed by atoms with Gasteiger partial charge in [0.2, 0.25) is 0 Å². The largest absolute Gasteiger partial charge is 0.264 e. The van der Waals surface area contributed by atoms with Crippen molar-refractivity contribution >= 4 is 0 Å². The lowest BCUT2D eigenvalue weighted by Crippen LogP contribution is -1.88. The fourth-order valence-corrected chi connectivity index (χ4v) is 3.08. The predicted molar refractivity (Wildman–Crippen MR) is 103 cm³/mol. The highest BCUT2D eigenvalue weighted by atomic mass is 14.6. The number of benzene rings is 2. The highest BCUT2D eigenvalue weighted by Crippen LogP contribution is 2.33. The van der Waals surface area contributed by atoms with Gasteiger partial charge in [0.1, 0.15) is 0 Å². The number of aryl methyl sites for hydroxylation is 1. The van der Waals surface area contributed by atoms with Gasteiger partial charge < -0.3 is 0 Å². The second-order valence-corrected chi connectivity index (χ2v) is 6.10.